The van der Waals surface area contributed by atoms with Gasteiger partial charge in [-0.05, 0) is 0 Å². The lowest BCUT2D eigenvalue weighted by Gasteiger charge is -2.36. The molecule has 0 N–H and O–H groups in total. The lowest BCUT2D eigenvalue weighted by Crippen LogP contribution is -2.49. The molecule has 4 heterocycles. The van der Waals surface area contributed by atoms with Crippen molar-refractivity contribution in [2.75, 3.05) is 26.2 Å². The van der Waals surface area contributed by atoms with Crippen LogP contribution in [0.15, 0.2) is 31.1 Å². The first kappa shape index (κ1) is 14.6. The molecular formula is C16H22N6O. The molecule has 2 aliphatic heterocycles. The summed E-state index contributed by atoms with van der Waals surface area (Å²) in [6.45, 7) is 5.29. The smallest absolute Gasteiger partial charge is 0.156 e. The molecule has 122 valence electrons. The Morgan fingerprint density at radius 2 is 2.04 bits per heavy atom. The molecule has 0 bridgehead atoms. The number of hydrogen-bond donors (Lipinski definition) is 0. The molecule has 2 aromatic rings. The normalized spacial score (nSPS) is 25.4. The summed E-state index contributed by atoms with van der Waals surface area (Å²) in [7, 11) is 1.97. The van der Waals surface area contributed by atoms with E-state index in [1.807, 2.05) is 17.9 Å². The summed E-state index contributed by atoms with van der Waals surface area (Å²) in [4.78, 5) is 13.1. The molecule has 0 radical (unpaired) electrons. The van der Waals surface area contributed by atoms with E-state index in [0.717, 1.165) is 44.9 Å². The van der Waals surface area contributed by atoms with Gasteiger partial charge >= 0.3 is 0 Å². The van der Waals surface area contributed by atoms with Crippen molar-refractivity contribution in [1.29, 1.82) is 0 Å². The first-order valence-electron chi connectivity index (χ1n) is 8.12. The second-order valence-corrected chi connectivity index (χ2v) is 6.46. The van der Waals surface area contributed by atoms with Crippen LogP contribution in [0.25, 0.3) is 0 Å². The third-order valence-electron chi connectivity index (χ3n) is 4.67. The minimum absolute atomic E-state index is 0.240. The number of nitrogens with zero attached hydrogens (tertiary/aromatic N) is 6. The van der Waals surface area contributed by atoms with Crippen LogP contribution in [0.3, 0.4) is 0 Å². The maximum atomic E-state index is 6.03. The topological polar surface area (TPSA) is 59.3 Å². The predicted octanol–water partition coefficient (Wildman–Crippen LogP) is 0.548. The van der Waals surface area contributed by atoms with Crippen molar-refractivity contribution >= 4 is 0 Å². The summed E-state index contributed by atoms with van der Waals surface area (Å²) in [6.07, 6.45) is 10.4. The van der Waals surface area contributed by atoms with Gasteiger partial charge in [-0.1, -0.05) is 0 Å². The molecule has 2 fully saturated rings. The van der Waals surface area contributed by atoms with E-state index in [4.69, 9.17) is 4.74 Å². The Morgan fingerprint density at radius 3 is 2.83 bits per heavy atom. The summed E-state index contributed by atoms with van der Waals surface area (Å²) >= 11 is 0. The minimum atomic E-state index is 0.240. The molecule has 0 saturated carbocycles. The van der Waals surface area contributed by atoms with Crippen LogP contribution in [0.2, 0.25) is 0 Å². The van der Waals surface area contributed by atoms with E-state index in [1.54, 1.807) is 12.4 Å². The maximum Gasteiger partial charge on any atom is 0.156 e. The molecule has 0 aromatic carbocycles. The highest BCUT2D eigenvalue weighted by Gasteiger charge is 2.37. The highest BCUT2D eigenvalue weighted by Crippen LogP contribution is 2.26. The van der Waals surface area contributed by atoms with Gasteiger partial charge in [-0.2, -0.15) is 5.10 Å². The van der Waals surface area contributed by atoms with E-state index in [9.17, 15) is 0 Å². The maximum absolute atomic E-state index is 6.03. The molecule has 2 saturated heterocycles. The van der Waals surface area contributed by atoms with Crippen molar-refractivity contribution < 1.29 is 4.74 Å². The quantitative estimate of drug-likeness (QED) is 0.821. The summed E-state index contributed by atoms with van der Waals surface area (Å²) in [5.41, 5.74) is 1.29. The van der Waals surface area contributed by atoms with Crippen molar-refractivity contribution in [3.8, 4) is 5.75 Å². The number of ether oxygens (including phenoxy) is 1. The Bertz CT molecular complexity index is 645. The number of rotatable bonds is 4. The van der Waals surface area contributed by atoms with Crippen LogP contribution in [-0.4, -0.2) is 67.9 Å². The third kappa shape index (κ3) is 3.35. The average molecular weight is 314 g/mol. The summed E-state index contributed by atoms with van der Waals surface area (Å²) in [5, 5.41) is 4.26. The van der Waals surface area contributed by atoms with Crippen LogP contribution in [0.5, 0.6) is 5.75 Å². The molecule has 0 amide bonds. The van der Waals surface area contributed by atoms with E-state index in [0.29, 0.717) is 6.04 Å². The lowest BCUT2D eigenvalue weighted by atomic mass is 10.1. The highest BCUT2D eigenvalue weighted by atomic mass is 16.5. The average Bonchev–Trinajstić information content (AvgIpc) is 3.13. The molecule has 7 heteroatoms. The van der Waals surface area contributed by atoms with Gasteiger partial charge in [0, 0.05) is 64.0 Å². The predicted molar refractivity (Wildman–Crippen MR) is 84.9 cm³/mol. The van der Waals surface area contributed by atoms with Crippen LogP contribution < -0.4 is 4.74 Å². The van der Waals surface area contributed by atoms with Gasteiger partial charge < -0.3 is 4.74 Å². The van der Waals surface area contributed by atoms with Gasteiger partial charge in [-0.3, -0.25) is 14.5 Å². The van der Waals surface area contributed by atoms with Gasteiger partial charge in [0.25, 0.3) is 0 Å². The van der Waals surface area contributed by atoms with Gasteiger partial charge in [-0.15, -0.1) is 0 Å². The third-order valence-corrected chi connectivity index (χ3v) is 4.67. The van der Waals surface area contributed by atoms with Crippen molar-refractivity contribution in [1.82, 2.24) is 29.5 Å². The molecule has 7 nitrogen and oxygen atoms in total. The van der Waals surface area contributed by atoms with Gasteiger partial charge in [-0.25, -0.2) is 9.97 Å². The Morgan fingerprint density at radius 1 is 1.17 bits per heavy atom. The molecule has 2 unspecified atom stereocenters. The van der Waals surface area contributed by atoms with Crippen molar-refractivity contribution in [2.24, 2.45) is 7.05 Å². The number of aryl methyl sites for hydroxylation is 1. The van der Waals surface area contributed by atoms with E-state index < -0.39 is 0 Å². The lowest BCUT2D eigenvalue weighted by molar-refractivity contribution is 0.0978. The standard InChI is InChI=1S/C16H22N6O/c1-20-8-13(5-19-20)9-21-2-3-22-11-15(4-14(22)10-21)23-16-6-17-12-18-7-16/h5-8,12,14-15H,2-4,9-11H2,1H3. The van der Waals surface area contributed by atoms with Crippen LogP contribution in [0.4, 0.5) is 0 Å². The zero-order valence-electron chi connectivity index (χ0n) is 13.4. The second kappa shape index (κ2) is 6.25. The summed E-state index contributed by atoms with van der Waals surface area (Å²) < 4.78 is 7.89. The monoisotopic (exact) mass is 314 g/mol. The zero-order chi connectivity index (χ0) is 15.6. The van der Waals surface area contributed by atoms with E-state index >= 15 is 0 Å². The van der Waals surface area contributed by atoms with Crippen molar-refractivity contribution in [3.05, 3.63) is 36.7 Å². The fourth-order valence-corrected chi connectivity index (χ4v) is 3.64. The first-order valence-corrected chi connectivity index (χ1v) is 8.12. The van der Waals surface area contributed by atoms with Gasteiger partial charge in [0.15, 0.2) is 5.75 Å². The highest BCUT2D eigenvalue weighted by molar-refractivity contribution is 5.11. The molecule has 0 aliphatic carbocycles. The van der Waals surface area contributed by atoms with E-state index in [-0.39, 0.29) is 6.10 Å². The molecule has 2 atom stereocenters. The molecule has 23 heavy (non-hydrogen) atoms. The van der Waals surface area contributed by atoms with Crippen LogP contribution >= 0.6 is 0 Å². The van der Waals surface area contributed by atoms with E-state index in [2.05, 4.69) is 31.1 Å². The fraction of sp³-hybridized carbons (Fsp3) is 0.562. The van der Waals surface area contributed by atoms with Gasteiger partial charge in [0.1, 0.15) is 12.4 Å². The van der Waals surface area contributed by atoms with Gasteiger partial charge in [0.2, 0.25) is 0 Å². The second-order valence-electron chi connectivity index (χ2n) is 6.46. The van der Waals surface area contributed by atoms with Crippen LogP contribution in [-0.2, 0) is 13.6 Å². The Labute approximate surface area is 135 Å². The van der Waals surface area contributed by atoms with Crippen molar-refractivity contribution in [3.63, 3.8) is 0 Å². The Kier molecular flexibility index (Phi) is 3.97. The fourth-order valence-electron chi connectivity index (χ4n) is 3.64. The Balaban J connectivity index is 1.33. The SMILES string of the molecule is Cn1cc(CN2CCN3CC(Oc4cncnc4)CC3C2)cn1. The molecule has 4 rings (SSSR count). The molecule has 2 aliphatic rings. The molecule has 2 aromatic heterocycles. The van der Waals surface area contributed by atoms with Gasteiger partial charge in [0.05, 0.1) is 18.6 Å². The van der Waals surface area contributed by atoms with E-state index in [1.165, 1.54) is 11.9 Å². The largest absolute Gasteiger partial charge is 0.486 e. The number of aromatic nitrogens is 4. The molecule has 0 spiro atoms. The number of hydrogen-bond acceptors (Lipinski definition) is 6. The van der Waals surface area contributed by atoms with Crippen LogP contribution in [0, 0.1) is 0 Å². The number of piperazine rings is 1. The Hall–Kier alpha value is -1.99. The van der Waals surface area contributed by atoms with Crippen molar-refractivity contribution in [2.45, 2.75) is 25.1 Å². The minimum Gasteiger partial charge on any atom is -0.486 e. The summed E-state index contributed by atoms with van der Waals surface area (Å²) in [6, 6.07) is 0.579. The van der Waals surface area contributed by atoms with Crippen LogP contribution in [0.1, 0.15) is 12.0 Å². The number of fused-ring (bicyclic) bond motifs is 1. The first-order chi connectivity index (χ1) is 11.3. The molecular weight excluding hydrogens is 292 g/mol. The zero-order valence-corrected chi connectivity index (χ0v) is 13.4. The summed E-state index contributed by atoms with van der Waals surface area (Å²) in [5.74, 6) is 0.768.